The van der Waals surface area contributed by atoms with Gasteiger partial charge in [0.1, 0.15) is 5.75 Å². The first kappa shape index (κ1) is 15.3. The number of ether oxygens (including phenoxy) is 1. The van der Waals surface area contributed by atoms with Crippen LogP contribution >= 0.6 is 34.2 Å². The van der Waals surface area contributed by atoms with Crippen LogP contribution in [0, 0.1) is 3.57 Å². The Balaban J connectivity index is 3.00. The highest BCUT2D eigenvalue weighted by Crippen LogP contribution is 2.23. The van der Waals surface area contributed by atoms with E-state index in [0.717, 1.165) is 14.9 Å². The van der Waals surface area contributed by atoms with Crippen molar-refractivity contribution in [3.05, 3.63) is 32.9 Å². The summed E-state index contributed by atoms with van der Waals surface area (Å²) in [5, 5.41) is 9.10. The molecule has 0 radical (unpaired) electrons. The molecule has 0 amide bonds. The molecular formula is C13H14ClIO3. The molecule has 0 aromatic heterocycles. The first-order valence-corrected chi connectivity index (χ1v) is 7.03. The van der Waals surface area contributed by atoms with E-state index in [1.165, 1.54) is 0 Å². The van der Waals surface area contributed by atoms with Crippen molar-refractivity contribution in [3.8, 4) is 5.75 Å². The standard InChI is InChI=1S/C13H14ClIO3/c1-18-12-8-9(4-5-11(12)15)7-10(13(16)17)3-2-6-14/h4-5,7-8H,2-3,6H2,1H3,(H,16,17)/b10-7+. The number of halogens is 2. The van der Waals surface area contributed by atoms with Gasteiger partial charge in [0.2, 0.25) is 0 Å². The number of carboxylic acids is 1. The van der Waals surface area contributed by atoms with Gasteiger partial charge < -0.3 is 9.84 Å². The predicted molar refractivity (Wildman–Crippen MR) is 81.3 cm³/mol. The first-order valence-electron chi connectivity index (χ1n) is 5.42. The number of alkyl halides is 1. The van der Waals surface area contributed by atoms with Crippen molar-refractivity contribution in [1.82, 2.24) is 0 Å². The SMILES string of the molecule is COc1cc(/C=C(\CCCCl)C(=O)O)ccc1I. The van der Waals surface area contributed by atoms with E-state index in [2.05, 4.69) is 22.6 Å². The summed E-state index contributed by atoms with van der Waals surface area (Å²) in [7, 11) is 1.59. The van der Waals surface area contributed by atoms with Gasteiger partial charge in [-0.1, -0.05) is 6.07 Å². The first-order chi connectivity index (χ1) is 8.58. The molecule has 1 aromatic carbocycles. The molecule has 0 aliphatic carbocycles. The third-order valence-electron chi connectivity index (χ3n) is 2.37. The van der Waals surface area contributed by atoms with E-state index in [4.69, 9.17) is 21.4 Å². The number of rotatable bonds is 6. The highest BCUT2D eigenvalue weighted by Gasteiger charge is 2.08. The lowest BCUT2D eigenvalue weighted by Crippen LogP contribution is -2.01. The molecule has 0 saturated carbocycles. The van der Waals surface area contributed by atoms with E-state index < -0.39 is 5.97 Å². The molecule has 5 heteroatoms. The van der Waals surface area contributed by atoms with Crippen LogP contribution in [0.15, 0.2) is 23.8 Å². The fraction of sp³-hybridized carbons (Fsp3) is 0.308. The van der Waals surface area contributed by atoms with Crippen LogP contribution in [0.3, 0.4) is 0 Å². The zero-order valence-electron chi connectivity index (χ0n) is 9.95. The third kappa shape index (κ3) is 4.49. The Morgan fingerprint density at radius 1 is 1.56 bits per heavy atom. The molecule has 0 aliphatic heterocycles. The van der Waals surface area contributed by atoms with Gasteiger partial charge in [-0.3, -0.25) is 0 Å². The molecule has 0 atom stereocenters. The van der Waals surface area contributed by atoms with Crippen LogP contribution in [0.5, 0.6) is 5.75 Å². The number of carbonyl (C=O) groups is 1. The quantitative estimate of drug-likeness (QED) is 0.464. The second kappa shape index (κ2) is 7.63. The van der Waals surface area contributed by atoms with E-state index in [9.17, 15) is 4.79 Å². The van der Waals surface area contributed by atoms with Gasteiger partial charge in [-0.15, -0.1) is 11.6 Å². The Labute approximate surface area is 125 Å². The Morgan fingerprint density at radius 2 is 2.28 bits per heavy atom. The molecule has 1 rings (SSSR count). The predicted octanol–water partition coefficient (Wildman–Crippen LogP) is 3.79. The lowest BCUT2D eigenvalue weighted by atomic mass is 10.1. The summed E-state index contributed by atoms with van der Waals surface area (Å²) in [6, 6.07) is 5.59. The third-order valence-corrected chi connectivity index (χ3v) is 3.53. The molecule has 0 aliphatic rings. The number of aliphatic carboxylic acids is 1. The highest BCUT2D eigenvalue weighted by atomic mass is 127. The summed E-state index contributed by atoms with van der Waals surface area (Å²) in [6.07, 6.45) is 2.78. The van der Waals surface area contributed by atoms with E-state index in [1.807, 2.05) is 18.2 Å². The van der Waals surface area contributed by atoms with Gasteiger partial charge in [-0.25, -0.2) is 4.79 Å². The smallest absolute Gasteiger partial charge is 0.331 e. The van der Waals surface area contributed by atoms with Crippen LogP contribution < -0.4 is 4.74 Å². The second-order valence-electron chi connectivity index (χ2n) is 3.66. The highest BCUT2D eigenvalue weighted by molar-refractivity contribution is 14.1. The summed E-state index contributed by atoms with van der Waals surface area (Å²) in [5.41, 5.74) is 1.18. The fourth-order valence-corrected chi connectivity index (χ4v) is 2.15. The zero-order chi connectivity index (χ0) is 13.5. The molecule has 0 spiro atoms. The fourth-order valence-electron chi connectivity index (χ4n) is 1.47. The average Bonchev–Trinajstić information content (AvgIpc) is 2.36. The molecule has 1 N–H and O–H groups in total. The van der Waals surface area contributed by atoms with Crippen molar-refractivity contribution in [3.63, 3.8) is 0 Å². The maximum Gasteiger partial charge on any atom is 0.331 e. The van der Waals surface area contributed by atoms with E-state index in [-0.39, 0.29) is 0 Å². The number of benzene rings is 1. The van der Waals surface area contributed by atoms with Gasteiger partial charge in [0.25, 0.3) is 0 Å². The summed E-state index contributed by atoms with van der Waals surface area (Å²) in [6.45, 7) is 0. The summed E-state index contributed by atoms with van der Waals surface area (Å²) >= 11 is 7.75. The molecule has 0 bridgehead atoms. The van der Waals surface area contributed by atoms with Gasteiger partial charge in [0.15, 0.2) is 0 Å². The Morgan fingerprint density at radius 3 is 2.83 bits per heavy atom. The lowest BCUT2D eigenvalue weighted by molar-refractivity contribution is -0.132. The Kier molecular flexibility index (Phi) is 6.49. The Bertz CT molecular complexity index is 458. The van der Waals surface area contributed by atoms with Crippen molar-refractivity contribution in [1.29, 1.82) is 0 Å². The van der Waals surface area contributed by atoms with Crippen molar-refractivity contribution in [2.24, 2.45) is 0 Å². The maximum atomic E-state index is 11.1. The van der Waals surface area contributed by atoms with Gasteiger partial charge >= 0.3 is 5.97 Å². The van der Waals surface area contributed by atoms with Crippen LogP contribution in [0.25, 0.3) is 6.08 Å². The topological polar surface area (TPSA) is 46.5 Å². The molecule has 0 heterocycles. The van der Waals surface area contributed by atoms with Gasteiger partial charge in [0, 0.05) is 11.5 Å². The summed E-state index contributed by atoms with van der Waals surface area (Å²) < 4.78 is 6.19. The van der Waals surface area contributed by atoms with Crippen molar-refractivity contribution in [2.45, 2.75) is 12.8 Å². The molecular weight excluding hydrogens is 366 g/mol. The molecule has 18 heavy (non-hydrogen) atoms. The Hall–Kier alpha value is -0.750. The monoisotopic (exact) mass is 380 g/mol. The average molecular weight is 381 g/mol. The normalized spacial score (nSPS) is 11.4. The van der Waals surface area contributed by atoms with E-state index in [1.54, 1.807) is 13.2 Å². The van der Waals surface area contributed by atoms with E-state index >= 15 is 0 Å². The van der Waals surface area contributed by atoms with Gasteiger partial charge in [-0.05, 0) is 59.2 Å². The number of hydrogen-bond acceptors (Lipinski definition) is 2. The van der Waals surface area contributed by atoms with Crippen LogP contribution in [0.2, 0.25) is 0 Å². The van der Waals surface area contributed by atoms with E-state index in [0.29, 0.717) is 24.3 Å². The molecule has 1 aromatic rings. The van der Waals surface area contributed by atoms with Crippen LogP contribution in [-0.2, 0) is 4.79 Å². The van der Waals surface area contributed by atoms with Gasteiger partial charge in [-0.2, -0.15) is 0 Å². The molecule has 98 valence electrons. The minimum atomic E-state index is -0.905. The van der Waals surface area contributed by atoms with Crippen molar-refractivity contribution in [2.75, 3.05) is 13.0 Å². The van der Waals surface area contributed by atoms with Crippen molar-refractivity contribution < 1.29 is 14.6 Å². The maximum absolute atomic E-state index is 11.1. The molecule has 0 saturated heterocycles. The minimum absolute atomic E-state index is 0.360. The van der Waals surface area contributed by atoms with Crippen LogP contribution in [0.4, 0.5) is 0 Å². The summed E-state index contributed by atoms with van der Waals surface area (Å²) in [5.74, 6) is 0.296. The lowest BCUT2D eigenvalue weighted by Gasteiger charge is -2.05. The largest absolute Gasteiger partial charge is 0.496 e. The number of carboxylic acid groups (broad SMARTS) is 1. The summed E-state index contributed by atoms with van der Waals surface area (Å²) in [4.78, 5) is 11.1. The van der Waals surface area contributed by atoms with Crippen LogP contribution in [-0.4, -0.2) is 24.1 Å². The van der Waals surface area contributed by atoms with Crippen LogP contribution in [0.1, 0.15) is 18.4 Å². The van der Waals surface area contributed by atoms with Crippen molar-refractivity contribution >= 4 is 46.2 Å². The number of methoxy groups -OCH3 is 1. The number of hydrogen-bond donors (Lipinski definition) is 1. The minimum Gasteiger partial charge on any atom is -0.496 e. The zero-order valence-corrected chi connectivity index (χ0v) is 12.9. The molecule has 3 nitrogen and oxygen atoms in total. The molecule has 0 unspecified atom stereocenters. The molecule has 0 fully saturated rings. The van der Waals surface area contributed by atoms with Gasteiger partial charge in [0.05, 0.1) is 10.7 Å². The second-order valence-corrected chi connectivity index (χ2v) is 5.20.